The fraction of sp³-hybridized carbons (Fsp3) is 0.917. The van der Waals surface area contributed by atoms with Crippen LogP contribution >= 0.6 is 0 Å². The molecule has 16 heavy (non-hydrogen) atoms. The summed E-state index contributed by atoms with van der Waals surface area (Å²) in [5.41, 5.74) is 6.00. The molecule has 1 fully saturated rings. The second-order valence-corrected chi connectivity index (χ2v) is 5.13. The molecule has 3 N–H and O–H groups in total. The SMILES string of the molecule is CC1CCC(C(=O)N(C)C(C)CO)CC1N. The van der Waals surface area contributed by atoms with Gasteiger partial charge in [-0.2, -0.15) is 0 Å². The first-order chi connectivity index (χ1) is 7.47. The van der Waals surface area contributed by atoms with Crippen molar-refractivity contribution < 1.29 is 9.90 Å². The molecule has 4 heteroatoms. The Labute approximate surface area is 97.8 Å². The monoisotopic (exact) mass is 228 g/mol. The van der Waals surface area contributed by atoms with Crippen molar-refractivity contribution in [1.82, 2.24) is 4.90 Å². The first-order valence-corrected chi connectivity index (χ1v) is 6.10. The molecule has 1 aliphatic carbocycles. The molecule has 0 bridgehead atoms. The van der Waals surface area contributed by atoms with Crippen LogP contribution in [0.5, 0.6) is 0 Å². The van der Waals surface area contributed by atoms with Crippen molar-refractivity contribution in [1.29, 1.82) is 0 Å². The van der Waals surface area contributed by atoms with E-state index in [9.17, 15) is 4.79 Å². The van der Waals surface area contributed by atoms with Crippen molar-refractivity contribution >= 4 is 5.91 Å². The topological polar surface area (TPSA) is 66.6 Å². The van der Waals surface area contributed by atoms with Crippen LogP contribution in [0.2, 0.25) is 0 Å². The largest absolute Gasteiger partial charge is 0.394 e. The lowest BCUT2D eigenvalue weighted by atomic mass is 9.79. The molecule has 0 spiro atoms. The summed E-state index contributed by atoms with van der Waals surface area (Å²) in [6.45, 7) is 4.01. The van der Waals surface area contributed by atoms with Crippen LogP contribution in [-0.4, -0.2) is 41.7 Å². The first kappa shape index (κ1) is 13.5. The maximum absolute atomic E-state index is 12.1. The Balaban J connectivity index is 2.55. The number of nitrogens with zero attached hydrogens (tertiary/aromatic N) is 1. The molecule has 0 heterocycles. The predicted octanol–water partition coefficient (Wildman–Crippen LogP) is 0.589. The van der Waals surface area contributed by atoms with E-state index in [0.29, 0.717) is 5.92 Å². The van der Waals surface area contributed by atoms with Gasteiger partial charge in [-0.1, -0.05) is 6.92 Å². The summed E-state index contributed by atoms with van der Waals surface area (Å²) in [6.07, 6.45) is 2.73. The highest BCUT2D eigenvalue weighted by Gasteiger charge is 2.32. The van der Waals surface area contributed by atoms with Crippen LogP contribution < -0.4 is 5.73 Å². The van der Waals surface area contributed by atoms with Crippen LogP contribution in [0, 0.1) is 11.8 Å². The molecule has 0 aromatic heterocycles. The minimum Gasteiger partial charge on any atom is -0.394 e. The first-order valence-electron chi connectivity index (χ1n) is 6.10. The molecule has 1 aliphatic rings. The van der Waals surface area contributed by atoms with Crippen LogP contribution in [0.1, 0.15) is 33.1 Å². The lowest BCUT2D eigenvalue weighted by molar-refractivity contribution is -0.138. The molecule has 0 radical (unpaired) electrons. The molecule has 0 aliphatic heterocycles. The zero-order valence-electron chi connectivity index (χ0n) is 10.5. The number of likely N-dealkylation sites (N-methyl/N-ethyl adjacent to an activating group) is 1. The van der Waals surface area contributed by atoms with Gasteiger partial charge in [-0.15, -0.1) is 0 Å². The summed E-state index contributed by atoms with van der Waals surface area (Å²) in [5, 5.41) is 9.03. The minimum absolute atomic E-state index is 0.0113. The predicted molar refractivity (Wildman–Crippen MR) is 63.8 cm³/mol. The highest BCUT2D eigenvalue weighted by atomic mass is 16.3. The van der Waals surface area contributed by atoms with E-state index in [1.165, 1.54) is 0 Å². The molecule has 0 aromatic carbocycles. The summed E-state index contributed by atoms with van der Waals surface area (Å²) in [6, 6.07) is 0.0311. The number of hydrogen-bond acceptors (Lipinski definition) is 3. The van der Waals surface area contributed by atoms with Crippen LogP contribution in [0.25, 0.3) is 0 Å². The highest BCUT2D eigenvalue weighted by Crippen LogP contribution is 2.29. The average Bonchev–Trinajstić information content (AvgIpc) is 2.29. The second kappa shape index (κ2) is 5.64. The van der Waals surface area contributed by atoms with E-state index in [2.05, 4.69) is 6.92 Å². The number of rotatable bonds is 3. The Bertz CT molecular complexity index is 245. The zero-order chi connectivity index (χ0) is 12.3. The standard InChI is InChI=1S/C12H24N2O2/c1-8-4-5-10(6-11(8)13)12(16)14(3)9(2)7-15/h8-11,15H,4-7,13H2,1-3H3. The van der Waals surface area contributed by atoms with Gasteiger partial charge in [0.1, 0.15) is 0 Å². The van der Waals surface area contributed by atoms with Gasteiger partial charge < -0.3 is 15.7 Å². The van der Waals surface area contributed by atoms with Gasteiger partial charge in [-0.05, 0) is 32.1 Å². The zero-order valence-corrected chi connectivity index (χ0v) is 10.5. The Hall–Kier alpha value is -0.610. The molecule has 4 unspecified atom stereocenters. The van der Waals surface area contributed by atoms with Crippen molar-refractivity contribution in [3.63, 3.8) is 0 Å². The normalized spacial score (nSPS) is 32.2. The minimum atomic E-state index is -0.108. The summed E-state index contributed by atoms with van der Waals surface area (Å²) < 4.78 is 0. The Morgan fingerprint density at radius 1 is 1.56 bits per heavy atom. The van der Waals surface area contributed by atoms with Gasteiger partial charge in [0.25, 0.3) is 0 Å². The summed E-state index contributed by atoms with van der Waals surface area (Å²) in [7, 11) is 1.76. The molecular weight excluding hydrogens is 204 g/mol. The highest BCUT2D eigenvalue weighted by molar-refractivity contribution is 5.79. The van der Waals surface area contributed by atoms with E-state index < -0.39 is 0 Å². The van der Waals surface area contributed by atoms with Crippen LogP contribution in [0.3, 0.4) is 0 Å². The third-order valence-electron chi connectivity index (χ3n) is 3.88. The number of amides is 1. The molecule has 1 saturated carbocycles. The van der Waals surface area contributed by atoms with Crippen LogP contribution in [-0.2, 0) is 4.79 Å². The summed E-state index contributed by atoms with van der Waals surface area (Å²) >= 11 is 0. The van der Waals surface area contributed by atoms with Gasteiger partial charge in [-0.25, -0.2) is 0 Å². The van der Waals surface area contributed by atoms with E-state index in [4.69, 9.17) is 10.8 Å². The lowest BCUT2D eigenvalue weighted by Crippen LogP contribution is -2.45. The molecule has 4 nitrogen and oxygen atoms in total. The van der Waals surface area contributed by atoms with E-state index >= 15 is 0 Å². The number of nitrogens with two attached hydrogens (primary N) is 1. The fourth-order valence-corrected chi connectivity index (χ4v) is 2.21. The second-order valence-electron chi connectivity index (χ2n) is 5.13. The smallest absolute Gasteiger partial charge is 0.225 e. The number of carbonyl (C=O) groups is 1. The van der Waals surface area contributed by atoms with Gasteiger partial charge in [-0.3, -0.25) is 4.79 Å². The van der Waals surface area contributed by atoms with Gasteiger partial charge in [0, 0.05) is 19.0 Å². The number of aliphatic hydroxyl groups excluding tert-OH is 1. The maximum Gasteiger partial charge on any atom is 0.225 e. The van der Waals surface area contributed by atoms with Gasteiger partial charge >= 0.3 is 0 Å². The Morgan fingerprint density at radius 3 is 2.69 bits per heavy atom. The van der Waals surface area contributed by atoms with Gasteiger partial charge in [0.15, 0.2) is 0 Å². The van der Waals surface area contributed by atoms with E-state index in [1.54, 1.807) is 11.9 Å². The Morgan fingerprint density at radius 2 is 2.19 bits per heavy atom. The van der Waals surface area contributed by atoms with Gasteiger partial charge in [0.05, 0.1) is 12.6 Å². The van der Waals surface area contributed by atoms with Crippen molar-refractivity contribution in [2.45, 2.75) is 45.2 Å². The average molecular weight is 228 g/mol. The number of hydrogen-bond donors (Lipinski definition) is 2. The van der Waals surface area contributed by atoms with E-state index in [-0.39, 0.29) is 30.5 Å². The molecule has 0 aromatic rings. The third-order valence-corrected chi connectivity index (χ3v) is 3.88. The van der Waals surface area contributed by atoms with Crippen molar-refractivity contribution in [3.05, 3.63) is 0 Å². The number of carbonyl (C=O) groups excluding carboxylic acids is 1. The van der Waals surface area contributed by atoms with Gasteiger partial charge in [0.2, 0.25) is 5.91 Å². The summed E-state index contributed by atoms with van der Waals surface area (Å²) in [5.74, 6) is 0.693. The van der Waals surface area contributed by atoms with Crippen molar-refractivity contribution in [2.75, 3.05) is 13.7 Å². The summed E-state index contributed by atoms with van der Waals surface area (Å²) in [4.78, 5) is 13.8. The molecular formula is C12H24N2O2. The van der Waals surface area contributed by atoms with E-state index in [0.717, 1.165) is 19.3 Å². The van der Waals surface area contributed by atoms with Crippen molar-refractivity contribution in [2.24, 2.45) is 17.6 Å². The quantitative estimate of drug-likeness (QED) is 0.743. The molecule has 0 saturated heterocycles. The molecule has 94 valence electrons. The molecule has 1 amide bonds. The van der Waals surface area contributed by atoms with Crippen LogP contribution in [0.4, 0.5) is 0 Å². The van der Waals surface area contributed by atoms with E-state index in [1.807, 2.05) is 6.92 Å². The van der Waals surface area contributed by atoms with Crippen molar-refractivity contribution in [3.8, 4) is 0 Å². The molecule has 1 rings (SSSR count). The number of aliphatic hydroxyl groups is 1. The maximum atomic E-state index is 12.1. The lowest BCUT2D eigenvalue weighted by Gasteiger charge is -2.34. The fourth-order valence-electron chi connectivity index (χ4n) is 2.21. The third kappa shape index (κ3) is 2.95. The Kier molecular flexibility index (Phi) is 4.74. The van der Waals surface area contributed by atoms with Crippen LogP contribution in [0.15, 0.2) is 0 Å². The molecule has 4 atom stereocenters.